The fourth-order valence-corrected chi connectivity index (χ4v) is 0.713. The van der Waals surface area contributed by atoms with Crippen LogP contribution in [0.2, 0.25) is 5.31 Å². The van der Waals surface area contributed by atoms with Gasteiger partial charge in [-0.25, -0.2) is 0 Å². The lowest BCUT2D eigenvalue weighted by Gasteiger charge is -2.29. The van der Waals surface area contributed by atoms with Crippen LogP contribution in [0.4, 0.5) is 0 Å². The fourth-order valence-electron chi connectivity index (χ4n) is 0.713. The Bertz CT molecular complexity index is 162. The molecule has 0 aromatic rings. The van der Waals surface area contributed by atoms with Crippen molar-refractivity contribution in [1.29, 1.82) is 0 Å². The highest BCUT2D eigenvalue weighted by Crippen LogP contribution is 2.32. The first-order chi connectivity index (χ1) is 5.49. The van der Waals surface area contributed by atoms with E-state index in [1.165, 1.54) is 0 Å². The summed E-state index contributed by atoms with van der Waals surface area (Å²) in [5.41, 5.74) is 0. The maximum atomic E-state index is 11.2. The topological polar surface area (TPSA) is 26.3 Å². The van der Waals surface area contributed by atoms with Crippen LogP contribution in [0, 0.1) is 0 Å². The summed E-state index contributed by atoms with van der Waals surface area (Å²) in [6, 6.07) is 0. The van der Waals surface area contributed by atoms with Crippen LogP contribution in [0.3, 0.4) is 0 Å². The van der Waals surface area contributed by atoms with Crippen molar-refractivity contribution in [3.63, 3.8) is 0 Å². The smallest absolute Gasteiger partial charge is 0.306 e. The van der Waals surface area contributed by atoms with Crippen LogP contribution < -0.4 is 0 Å². The van der Waals surface area contributed by atoms with Crippen LogP contribution >= 0.6 is 0 Å². The van der Waals surface area contributed by atoms with Gasteiger partial charge in [0.15, 0.2) is 0 Å². The number of hydrogen-bond donors (Lipinski definition) is 0. The SMILES string of the molecule is [B][B]OC(=O)C(C)(CC)B([B])[B]. The Morgan fingerprint density at radius 2 is 2.17 bits per heavy atom. The van der Waals surface area contributed by atoms with Gasteiger partial charge >= 0.3 is 7.37 Å². The molecule has 0 aliphatic carbocycles. The van der Waals surface area contributed by atoms with E-state index in [1.807, 2.05) is 6.92 Å². The summed E-state index contributed by atoms with van der Waals surface area (Å²) >= 11 is 0. The van der Waals surface area contributed by atoms with Gasteiger partial charge in [-0.15, -0.1) is 0 Å². The summed E-state index contributed by atoms with van der Waals surface area (Å²) in [7, 11) is 16.6. The van der Waals surface area contributed by atoms with E-state index in [0.717, 1.165) is 7.37 Å². The average Bonchev–Trinajstić information content (AvgIpc) is 2.03. The molecule has 0 aliphatic rings. The van der Waals surface area contributed by atoms with Gasteiger partial charge in [0.1, 0.15) is 0 Å². The number of carbonyl (C=O) groups excluding carboxylic acids is 1. The van der Waals surface area contributed by atoms with Gasteiger partial charge < -0.3 is 4.65 Å². The highest BCUT2D eigenvalue weighted by Gasteiger charge is 2.35. The largest absolute Gasteiger partial charge is 0.550 e. The van der Waals surface area contributed by atoms with E-state index in [0.29, 0.717) is 6.42 Å². The van der Waals surface area contributed by atoms with Crippen molar-refractivity contribution in [1.82, 2.24) is 0 Å². The van der Waals surface area contributed by atoms with E-state index in [4.69, 9.17) is 23.2 Å². The molecule has 55 valence electrons. The Morgan fingerprint density at radius 3 is 2.42 bits per heavy atom. The van der Waals surface area contributed by atoms with Crippen molar-refractivity contribution in [3.05, 3.63) is 0 Å². The Labute approximate surface area is 78.7 Å². The Kier molecular flexibility index (Phi) is 4.65. The van der Waals surface area contributed by atoms with Gasteiger partial charge in [-0.3, -0.25) is 4.79 Å². The second-order valence-corrected chi connectivity index (χ2v) is 2.84. The van der Waals surface area contributed by atoms with Crippen LogP contribution in [-0.2, 0) is 9.45 Å². The van der Waals surface area contributed by atoms with E-state index in [-0.39, 0.29) is 0 Å². The first kappa shape index (κ1) is 11.8. The van der Waals surface area contributed by atoms with Crippen LogP contribution in [0.25, 0.3) is 0 Å². The molecule has 0 amide bonds. The van der Waals surface area contributed by atoms with Gasteiger partial charge in [-0.2, -0.15) is 0 Å². The third-order valence-electron chi connectivity index (χ3n) is 2.11. The summed E-state index contributed by atoms with van der Waals surface area (Å²) in [6.45, 7) is 2.71. The normalized spacial score (nSPS) is 14.5. The van der Waals surface area contributed by atoms with E-state index >= 15 is 0 Å². The summed E-state index contributed by atoms with van der Waals surface area (Å²) in [6.07, 6.45) is 0.511. The highest BCUT2D eigenvalue weighted by molar-refractivity contribution is 7.31. The van der Waals surface area contributed by atoms with Gasteiger partial charge in [0.25, 0.3) is 5.97 Å². The molecule has 0 aromatic carbocycles. The minimum Gasteiger partial charge on any atom is -0.550 e. The van der Waals surface area contributed by atoms with E-state index in [1.54, 1.807) is 6.92 Å². The lowest BCUT2D eigenvalue weighted by atomic mass is 9.10. The first-order valence-corrected chi connectivity index (χ1v) is 3.74. The van der Waals surface area contributed by atoms with Crippen LogP contribution in [-0.4, -0.2) is 43.0 Å². The van der Waals surface area contributed by atoms with Crippen LogP contribution in [0.5, 0.6) is 0 Å². The van der Waals surface area contributed by atoms with Gasteiger partial charge in [0.05, 0.1) is 14.2 Å². The minimum atomic E-state index is -0.865. The van der Waals surface area contributed by atoms with E-state index in [9.17, 15) is 4.79 Å². The molecule has 0 saturated heterocycles. The zero-order chi connectivity index (χ0) is 9.78. The summed E-state index contributed by atoms with van der Waals surface area (Å²) in [5, 5.41) is -0.865. The molecule has 0 fully saturated rings. The van der Waals surface area contributed by atoms with Crippen molar-refractivity contribution in [2.45, 2.75) is 25.6 Å². The third kappa shape index (κ3) is 2.39. The molecule has 0 saturated carbocycles. The molecule has 7 heteroatoms. The Morgan fingerprint density at radius 1 is 1.67 bits per heavy atom. The van der Waals surface area contributed by atoms with Crippen molar-refractivity contribution in [2.75, 3.05) is 0 Å². The standard InChI is InChI=1S/C5H8B5O2/c1-3-5(2,10(7)8)4(11)12-9-6/h3H2,1-2H3. The fraction of sp³-hybridized carbons (Fsp3) is 0.800. The molecule has 7 radical (unpaired) electrons. The van der Waals surface area contributed by atoms with Crippen molar-refractivity contribution < 1.29 is 9.45 Å². The predicted molar refractivity (Wildman–Crippen MR) is 53.5 cm³/mol. The average molecular weight is 154 g/mol. The molecule has 1 unspecified atom stereocenters. The highest BCUT2D eigenvalue weighted by atomic mass is 16.5. The van der Waals surface area contributed by atoms with E-state index in [2.05, 4.69) is 4.65 Å². The van der Waals surface area contributed by atoms with Gasteiger partial charge in [0.2, 0.25) is 0 Å². The number of hydrogen-bond acceptors (Lipinski definition) is 2. The van der Waals surface area contributed by atoms with Crippen molar-refractivity contribution >= 4 is 43.0 Å². The lowest BCUT2D eigenvalue weighted by molar-refractivity contribution is -0.137. The zero-order valence-electron chi connectivity index (χ0n) is 7.41. The summed E-state index contributed by atoms with van der Waals surface area (Å²) < 4.78 is 4.51. The molecule has 0 heterocycles. The van der Waals surface area contributed by atoms with E-state index < -0.39 is 17.8 Å². The molecular formula is C5H8B5O2. The molecule has 1 atom stereocenters. The van der Waals surface area contributed by atoms with Crippen molar-refractivity contribution in [3.8, 4) is 0 Å². The van der Waals surface area contributed by atoms with Crippen LogP contribution in [0.1, 0.15) is 20.3 Å². The molecule has 0 bridgehead atoms. The molecule has 0 aliphatic heterocycles. The first-order valence-electron chi connectivity index (χ1n) is 3.74. The second kappa shape index (κ2) is 4.73. The third-order valence-corrected chi connectivity index (χ3v) is 2.11. The summed E-state index contributed by atoms with van der Waals surface area (Å²) in [4.78, 5) is 11.2. The molecular weight excluding hydrogens is 146 g/mol. The molecule has 0 aromatic heterocycles. The Balaban J connectivity index is 4.40. The monoisotopic (exact) mass is 155 g/mol. The number of rotatable bonds is 4. The lowest BCUT2D eigenvalue weighted by Crippen LogP contribution is -2.39. The quantitative estimate of drug-likeness (QED) is 0.497. The molecule has 0 rings (SSSR count). The maximum Gasteiger partial charge on any atom is 0.306 e. The van der Waals surface area contributed by atoms with Gasteiger partial charge in [0, 0.05) is 20.8 Å². The molecule has 0 spiro atoms. The molecule has 0 N–H and O–H groups in total. The van der Waals surface area contributed by atoms with Crippen LogP contribution in [0.15, 0.2) is 0 Å². The summed E-state index contributed by atoms with van der Waals surface area (Å²) in [5.74, 6) is -0.498. The molecule has 12 heavy (non-hydrogen) atoms. The number of carbonyl (C=O) groups is 1. The van der Waals surface area contributed by atoms with Crippen molar-refractivity contribution in [2.24, 2.45) is 0 Å². The van der Waals surface area contributed by atoms with Gasteiger partial charge in [-0.05, 0) is 6.42 Å². The Hall–Kier alpha value is -0.205. The molecule has 2 nitrogen and oxygen atoms in total. The zero-order valence-corrected chi connectivity index (χ0v) is 7.41. The second-order valence-electron chi connectivity index (χ2n) is 2.84. The maximum absolute atomic E-state index is 11.2. The minimum absolute atomic E-state index is 0.498. The predicted octanol–water partition coefficient (Wildman–Crippen LogP) is -0.772. The van der Waals surface area contributed by atoms with Gasteiger partial charge in [-0.1, -0.05) is 13.8 Å².